The molecule has 2 N–H and O–H groups in total. The normalized spacial score (nSPS) is 11.7. The smallest absolute Gasteiger partial charge is 0.252 e. The molecule has 1 unspecified atom stereocenters. The first-order chi connectivity index (χ1) is 13.0. The van der Waals surface area contributed by atoms with Gasteiger partial charge in [0.15, 0.2) is 11.6 Å². The summed E-state index contributed by atoms with van der Waals surface area (Å²) in [4.78, 5) is 24.8. The monoisotopic (exact) mass is 369 g/mol. The molecule has 138 valence electrons. The van der Waals surface area contributed by atoms with Crippen LogP contribution in [-0.4, -0.2) is 23.4 Å². The first-order valence-electron chi connectivity index (χ1n) is 8.20. The molecule has 1 aromatic heterocycles. The van der Waals surface area contributed by atoms with Crippen LogP contribution in [0.5, 0.6) is 0 Å². The van der Waals surface area contributed by atoms with Gasteiger partial charge in [0.05, 0.1) is 0 Å². The molecule has 27 heavy (non-hydrogen) atoms. The Morgan fingerprint density at radius 1 is 0.963 bits per heavy atom. The minimum Gasteiger partial charge on any atom is -0.357 e. The summed E-state index contributed by atoms with van der Waals surface area (Å²) in [5, 5.41) is 4.98. The molecular formula is C20H17F2N3O2. The Labute approximate surface area is 154 Å². The van der Waals surface area contributed by atoms with E-state index in [1.54, 1.807) is 18.2 Å². The maximum atomic E-state index is 13.6. The SMILES string of the molecule is CNC(=O)C(NC(=O)c1cccc(-n2cccc2)c1)c1ccc(F)c(F)c1. The van der Waals surface area contributed by atoms with Crippen molar-refractivity contribution in [2.24, 2.45) is 0 Å². The molecule has 0 bridgehead atoms. The van der Waals surface area contributed by atoms with Crippen molar-refractivity contribution in [3.05, 3.63) is 89.8 Å². The number of halogens is 2. The van der Waals surface area contributed by atoms with Crippen molar-refractivity contribution >= 4 is 11.8 Å². The van der Waals surface area contributed by atoms with Crippen LogP contribution in [0, 0.1) is 11.6 Å². The van der Waals surface area contributed by atoms with Crippen LogP contribution in [0.15, 0.2) is 67.0 Å². The molecule has 0 spiro atoms. The van der Waals surface area contributed by atoms with Gasteiger partial charge in [0.2, 0.25) is 5.91 Å². The highest BCUT2D eigenvalue weighted by Crippen LogP contribution is 2.18. The molecule has 2 aromatic carbocycles. The largest absolute Gasteiger partial charge is 0.357 e. The highest BCUT2D eigenvalue weighted by molar-refractivity contribution is 5.98. The van der Waals surface area contributed by atoms with Crippen molar-refractivity contribution in [3.63, 3.8) is 0 Å². The fraction of sp³-hybridized carbons (Fsp3) is 0.100. The van der Waals surface area contributed by atoms with Crippen molar-refractivity contribution in [3.8, 4) is 5.69 Å². The quantitative estimate of drug-likeness (QED) is 0.726. The predicted molar refractivity (Wildman–Crippen MR) is 96.4 cm³/mol. The van der Waals surface area contributed by atoms with Gasteiger partial charge >= 0.3 is 0 Å². The lowest BCUT2D eigenvalue weighted by Gasteiger charge is -2.18. The summed E-state index contributed by atoms with van der Waals surface area (Å²) < 4.78 is 28.6. The molecule has 0 fully saturated rings. The van der Waals surface area contributed by atoms with E-state index in [1.165, 1.54) is 13.1 Å². The molecule has 7 heteroatoms. The Morgan fingerprint density at radius 2 is 1.70 bits per heavy atom. The number of carbonyl (C=O) groups is 2. The summed E-state index contributed by atoms with van der Waals surface area (Å²) in [6, 6.07) is 12.5. The maximum Gasteiger partial charge on any atom is 0.252 e. The number of hydrogen-bond donors (Lipinski definition) is 2. The summed E-state index contributed by atoms with van der Waals surface area (Å²) in [5.74, 6) is -3.18. The van der Waals surface area contributed by atoms with Gasteiger partial charge in [-0.15, -0.1) is 0 Å². The third-order valence-corrected chi connectivity index (χ3v) is 4.07. The average Bonchev–Trinajstić information content (AvgIpc) is 3.22. The fourth-order valence-corrected chi connectivity index (χ4v) is 2.67. The van der Waals surface area contributed by atoms with Crippen molar-refractivity contribution in [2.75, 3.05) is 7.05 Å². The van der Waals surface area contributed by atoms with Crippen LogP contribution in [0.4, 0.5) is 8.78 Å². The second kappa shape index (κ2) is 7.82. The number of hydrogen-bond acceptors (Lipinski definition) is 2. The zero-order valence-corrected chi connectivity index (χ0v) is 14.4. The van der Waals surface area contributed by atoms with E-state index in [-0.39, 0.29) is 5.56 Å². The third kappa shape index (κ3) is 4.03. The van der Waals surface area contributed by atoms with E-state index in [0.29, 0.717) is 5.56 Å². The molecule has 1 heterocycles. The van der Waals surface area contributed by atoms with E-state index in [1.807, 2.05) is 35.2 Å². The van der Waals surface area contributed by atoms with Crippen LogP contribution < -0.4 is 10.6 Å². The number of amides is 2. The lowest BCUT2D eigenvalue weighted by molar-refractivity contribution is -0.122. The zero-order valence-electron chi connectivity index (χ0n) is 14.4. The molecule has 0 aliphatic carbocycles. The molecular weight excluding hydrogens is 352 g/mol. The van der Waals surface area contributed by atoms with E-state index >= 15 is 0 Å². The second-order valence-electron chi connectivity index (χ2n) is 5.83. The van der Waals surface area contributed by atoms with Gasteiger partial charge in [-0.3, -0.25) is 9.59 Å². The van der Waals surface area contributed by atoms with E-state index < -0.39 is 29.5 Å². The second-order valence-corrected chi connectivity index (χ2v) is 5.83. The van der Waals surface area contributed by atoms with Gasteiger partial charge in [-0.25, -0.2) is 8.78 Å². The average molecular weight is 369 g/mol. The molecule has 0 saturated carbocycles. The Balaban J connectivity index is 1.88. The lowest BCUT2D eigenvalue weighted by Crippen LogP contribution is -2.39. The molecule has 0 radical (unpaired) electrons. The van der Waals surface area contributed by atoms with Gasteiger partial charge in [-0.1, -0.05) is 12.1 Å². The maximum absolute atomic E-state index is 13.6. The Hall–Kier alpha value is -3.48. The van der Waals surface area contributed by atoms with Crippen molar-refractivity contribution in [1.82, 2.24) is 15.2 Å². The number of likely N-dealkylation sites (N-methyl/N-ethyl adjacent to an activating group) is 1. The van der Waals surface area contributed by atoms with Crippen LogP contribution in [-0.2, 0) is 4.79 Å². The number of carbonyl (C=O) groups excluding carboxylic acids is 2. The van der Waals surface area contributed by atoms with Crippen LogP contribution in [0.2, 0.25) is 0 Å². The fourth-order valence-electron chi connectivity index (χ4n) is 2.67. The van der Waals surface area contributed by atoms with E-state index in [0.717, 1.165) is 17.8 Å². The number of aromatic nitrogens is 1. The number of nitrogens with one attached hydrogen (secondary N) is 2. The summed E-state index contributed by atoms with van der Waals surface area (Å²) in [6.07, 6.45) is 3.68. The molecule has 1 atom stereocenters. The van der Waals surface area contributed by atoms with Crippen molar-refractivity contribution in [1.29, 1.82) is 0 Å². The van der Waals surface area contributed by atoms with Gasteiger partial charge in [0.25, 0.3) is 5.91 Å². The van der Waals surface area contributed by atoms with Crippen molar-refractivity contribution in [2.45, 2.75) is 6.04 Å². The van der Waals surface area contributed by atoms with Crippen LogP contribution in [0.3, 0.4) is 0 Å². The molecule has 0 saturated heterocycles. The first-order valence-corrected chi connectivity index (χ1v) is 8.20. The van der Waals surface area contributed by atoms with Gasteiger partial charge < -0.3 is 15.2 Å². The number of nitrogens with zero attached hydrogens (tertiary/aromatic N) is 1. The van der Waals surface area contributed by atoms with Gasteiger partial charge in [-0.05, 0) is 48.0 Å². The topological polar surface area (TPSA) is 63.1 Å². The summed E-state index contributed by atoms with van der Waals surface area (Å²) in [6.45, 7) is 0. The van der Waals surface area contributed by atoms with Gasteiger partial charge in [0.1, 0.15) is 6.04 Å². The summed E-state index contributed by atoms with van der Waals surface area (Å²) in [7, 11) is 1.40. The number of rotatable bonds is 5. The highest BCUT2D eigenvalue weighted by Gasteiger charge is 2.23. The third-order valence-electron chi connectivity index (χ3n) is 4.07. The Morgan fingerprint density at radius 3 is 2.37 bits per heavy atom. The Kier molecular flexibility index (Phi) is 5.30. The summed E-state index contributed by atoms with van der Waals surface area (Å²) in [5.41, 5.74) is 1.25. The molecule has 0 aliphatic heterocycles. The molecule has 5 nitrogen and oxygen atoms in total. The van der Waals surface area contributed by atoms with Gasteiger partial charge in [-0.2, -0.15) is 0 Å². The first kappa shape index (κ1) is 18.3. The minimum absolute atomic E-state index is 0.142. The molecule has 3 rings (SSSR count). The summed E-state index contributed by atoms with van der Waals surface area (Å²) >= 11 is 0. The van der Waals surface area contributed by atoms with Gasteiger partial charge in [0, 0.05) is 30.7 Å². The molecule has 0 aliphatic rings. The van der Waals surface area contributed by atoms with Crippen molar-refractivity contribution < 1.29 is 18.4 Å². The van der Waals surface area contributed by atoms with E-state index in [9.17, 15) is 18.4 Å². The standard InChI is InChI=1S/C20H17F2N3O2/c1-23-20(27)18(13-7-8-16(21)17(22)12-13)24-19(26)14-5-4-6-15(11-14)25-9-2-3-10-25/h2-12,18H,1H3,(H,23,27)(H,24,26). The highest BCUT2D eigenvalue weighted by atomic mass is 19.2. The number of benzene rings is 2. The minimum atomic E-state index is -1.16. The van der Waals surface area contributed by atoms with Crippen LogP contribution in [0.1, 0.15) is 22.0 Å². The molecule has 2 amide bonds. The lowest BCUT2D eigenvalue weighted by atomic mass is 10.0. The van der Waals surface area contributed by atoms with Crippen LogP contribution >= 0.6 is 0 Å². The van der Waals surface area contributed by atoms with Crippen LogP contribution in [0.25, 0.3) is 5.69 Å². The Bertz CT molecular complexity index is 971. The van der Waals surface area contributed by atoms with E-state index in [4.69, 9.17) is 0 Å². The zero-order chi connectivity index (χ0) is 19.4. The van der Waals surface area contributed by atoms with E-state index in [2.05, 4.69) is 10.6 Å². The molecule has 3 aromatic rings. The predicted octanol–water partition coefficient (Wildman–Crippen LogP) is 2.97.